The first-order chi connectivity index (χ1) is 16.9. The molecule has 188 valence electrons. The minimum absolute atomic E-state index is 0.00533. The van der Waals surface area contributed by atoms with E-state index >= 15 is 0 Å². The molecule has 2 aliphatic heterocycles. The molecular formula is C28H34Cl2N2O3. The summed E-state index contributed by atoms with van der Waals surface area (Å²) in [6, 6.07) is 15.5. The van der Waals surface area contributed by atoms with Gasteiger partial charge in [-0.25, -0.2) is 0 Å². The third kappa shape index (κ3) is 5.75. The highest BCUT2D eigenvalue weighted by atomic mass is 35.5. The topological polar surface area (TPSA) is 49.9 Å². The van der Waals surface area contributed by atoms with Gasteiger partial charge in [0, 0.05) is 48.1 Å². The maximum atomic E-state index is 14.2. The SMILES string of the molecule is CC[C@@H](CN1CCOCC1)N1C(=O)[C@@](C)(CC=O)C[C@H](c2cccc(Cl)c2)[C@H]1c1ccc(Cl)cc1. The van der Waals surface area contributed by atoms with Crippen molar-refractivity contribution < 1.29 is 14.3 Å². The van der Waals surface area contributed by atoms with Crippen LogP contribution in [-0.2, 0) is 14.3 Å². The fourth-order valence-electron chi connectivity index (χ4n) is 5.65. The Kier molecular flexibility index (Phi) is 8.54. The number of rotatable bonds is 8. The van der Waals surface area contributed by atoms with Gasteiger partial charge in [-0.3, -0.25) is 9.69 Å². The standard InChI is InChI=1S/C28H34Cl2N2O3/c1-3-24(19-31-12-15-35-16-13-31)32-26(20-7-9-22(29)10-8-20)25(21-5-4-6-23(30)17-21)18-28(2,11-14-33)27(32)34/h4-10,14,17,24-26H,3,11-13,15-16,18-19H2,1-2H3/t24-,25+,26+,28-/m0/s1. The van der Waals surface area contributed by atoms with E-state index in [1.807, 2.05) is 49.4 Å². The van der Waals surface area contributed by atoms with Crippen LogP contribution in [0.15, 0.2) is 48.5 Å². The highest BCUT2D eigenvalue weighted by molar-refractivity contribution is 6.30. The molecular weight excluding hydrogens is 483 g/mol. The summed E-state index contributed by atoms with van der Waals surface area (Å²) in [5.41, 5.74) is 1.34. The Bertz CT molecular complexity index is 1030. The zero-order valence-electron chi connectivity index (χ0n) is 20.5. The molecule has 0 aromatic heterocycles. The van der Waals surface area contributed by atoms with Gasteiger partial charge in [-0.15, -0.1) is 0 Å². The van der Waals surface area contributed by atoms with Gasteiger partial charge in [-0.05, 0) is 48.2 Å². The van der Waals surface area contributed by atoms with Crippen LogP contribution in [0.2, 0.25) is 10.0 Å². The third-order valence-corrected chi connectivity index (χ3v) is 8.05. The predicted octanol–water partition coefficient (Wildman–Crippen LogP) is 5.76. The fourth-order valence-corrected chi connectivity index (χ4v) is 5.97. The number of nitrogens with zero attached hydrogens (tertiary/aromatic N) is 2. The zero-order chi connectivity index (χ0) is 25.0. The molecule has 0 radical (unpaired) electrons. The average Bonchev–Trinajstić information content (AvgIpc) is 2.86. The van der Waals surface area contributed by atoms with E-state index in [9.17, 15) is 9.59 Å². The van der Waals surface area contributed by atoms with Gasteiger partial charge in [0.1, 0.15) is 6.29 Å². The van der Waals surface area contributed by atoms with Crippen LogP contribution in [0.25, 0.3) is 0 Å². The van der Waals surface area contributed by atoms with Crippen molar-refractivity contribution >= 4 is 35.4 Å². The van der Waals surface area contributed by atoms with E-state index < -0.39 is 5.41 Å². The molecule has 4 rings (SSSR count). The van der Waals surface area contributed by atoms with Crippen molar-refractivity contribution in [3.05, 3.63) is 69.7 Å². The zero-order valence-corrected chi connectivity index (χ0v) is 22.0. The van der Waals surface area contributed by atoms with Gasteiger partial charge in [0.15, 0.2) is 0 Å². The Morgan fingerprint density at radius 3 is 2.43 bits per heavy atom. The number of piperidine rings is 1. The van der Waals surface area contributed by atoms with Crippen LogP contribution in [0.5, 0.6) is 0 Å². The normalized spacial score (nSPS) is 26.5. The van der Waals surface area contributed by atoms with Gasteiger partial charge < -0.3 is 14.4 Å². The van der Waals surface area contributed by atoms with Crippen LogP contribution < -0.4 is 0 Å². The molecule has 35 heavy (non-hydrogen) atoms. The number of halogens is 2. The number of morpholine rings is 1. The molecule has 0 bridgehead atoms. The Labute approximate surface area is 218 Å². The number of amides is 1. The largest absolute Gasteiger partial charge is 0.379 e. The van der Waals surface area contributed by atoms with Crippen molar-refractivity contribution in [2.75, 3.05) is 32.8 Å². The van der Waals surface area contributed by atoms with Crippen LogP contribution in [-0.4, -0.2) is 60.9 Å². The summed E-state index contributed by atoms with van der Waals surface area (Å²) in [5.74, 6) is 0.0270. The van der Waals surface area contributed by atoms with Crippen molar-refractivity contribution in [3.63, 3.8) is 0 Å². The Morgan fingerprint density at radius 2 is 1.80 bits per heavy atom. The summed E-state index contributed by atoms with van der Waals surface area (Å²) in [5, 5.41) is 1.33. The Hall–Kier alpha value is -1.92. The number of benzene rings is 2. The molecule has 2 aromatic rings. The van der Waals surface area contributed by atoms with E-state index in [0.29, 0.717) is 29.7 Å². The van der Waals surface area contributed by atoms with Crippen molar-refractivity contribution in [1.82, 2.24) is 9.80 Å². The summed E-state index contributed by atoms with van der Waals surface area (Å²) in [6.07, 6.45) is 2.46. The second-order valence-corrected chi connectivity index (χ2v) is 10.9. The Balaban J connectivity index is 1.83. The monoisotopic (exact) mass is 516 g/mol. The van der Waals surface area contributed by atoms with Crippen LogP contribution in [0, 0.1) is 5.41 Å². The lowest BCUT2D eigenvalue weighted by molar-refractivity contribution is -0.157. The molecule has 0 aliphatic carbocycles. The average molecular weight is 517 g/mol. The minimum atomic E-state index is -0.782. The number of ether oxygens (including phenoxy) is 1. The van der Waals surface area contributed by atoms with Crippen LogP contribution in [0.3, 0.4) is 0 Å². The van der Waals surface area contributed by atoms with E-state index in [1.165, 1.54) is 0 Å². The number of hydrogen-bond acceptors (Lipinski definition) is 4. The second-order valence-electron chi connectivity index (χ2n) is 9.98. The van der Waals surface area contributed by atoms with E-state index in [0.717, 1.165) is 43.5 Å². The first-order valence-electron chi connectivity index (χ1n) is 12.4. The summed E-state index contributed by atoms with van der Waals surface area (Å²) in [4.78, 5) is 30.4. The number of likely N-dealkylation sites (tertiary alicyclic amines) is 1. The summed E-state index contributed by atoms with van der Waals surface area (Å²) in [6.45, 7) is 7.97. The van der Waals surface area contributed by atoms with Crippen molar-refractivity contribution in [2.45, 2.75) is 51.1 Å². The molecule has 7 heteroatoms. The van der Waals surface area contributed by atoms with Crippen LogP contribution in [0.4, 0.5) is 0 Å². The molecule has 1 amide bonds. The third-order valence-electron chi connectivity index (χ3n) is 7.56. The van der Waals surface area contributed by atoms with Gasteiger partial charge in [-0.2, -0.15) is 0 Å². The summed E-state index contributed by atoms with van der Waals surface area (Å²) < 4.78 is 5.55. The van der Waals surface area contributed by atoms with E-state index in [1.54, 1.807) is 0 Å². The first-order valence-corrected chi connectivity index (χ1v) is 13.2. The number of hydrogen-bond donors (Lipinski definition) is 0. The number of aldehydes is 1. The maximum absolute atomic E-state index is 14.2. The molecule has 2 aliphatic rings. The molecule has 0 spiro atoms. The van der Waals surface area contributed by atoms with Gasteiger partial charge in [0.25, 0.3) is 0 Å². The number of carbonyl (C=O) groups excluding carboxylic acids is 2. The smallest absolute Gasteiger partial charge is 0.229 e. The van der Waals surface area contributed by atoms with Gasteiger partial charge >= 0.3 is 0 Å². The molecule has 4 atom stereocenters. The van der Waals surface area contributed by atoms with Gasteiger partial charge in [0.2, 0.25) is 5.91 Å². The highest BCUT2D eigenvalue weighted by Crippen LogP contribution is 2.52. The van der Waals surface area contributed by atoms with Crippen molar-refractivity contribution in [1.29, 1.82) is 0 Å². The fraction of sp³-hybridized carbons (Fsp3) is 0.500. The van der Waals surface area contributed by atoms with Gasteiger partial charge in [-0.1, -0.05) is 61.3 Å². The lowest BCUT2D eigenvalue weighted by atomic mass is 9.67. The van der Waals surface area contributed by atoms with E-state index in [-0.39, 0.29) is 30.3 Å². The molecule has 2 heterocycles. The first kappa shape index (κ1) is 26.2. The maximum Gasteiger partial charge on any atom is 0.229 e. The molecule has 0 N–H and O–H groups in total. The highest BCUT2D eigenvalue weighted by Gasteiger charge is 2.51. The molecule has 0 unspecified atom stereocenters. The summed E-state index contributed by atoms with van der Waals surface area (Å²) >= 11 is 12.7. The second kappa shape index (κ2) is 11.4. The lowest BCUT2D eigenvalue weighted by Gasteiger charge is -2.52. The summed E-state index contributed by atoms with van der Waals surface area (Å²) in [7, 11) is 0. The molecule has 0 saturated carbocycles. The van der Waals surface area contributed by atoms with E-state index in [4.69, 9.17) is 27.9 Å². The molecule has 2 saturated heterocycles. The van der Waals surface area contributed by atoms with Crippen LogP contribution >= 0.6 is 23.2 Å². The van der Waals surface area contributed by atoms with Gasteiger partial charge in [0.05, 0.1) is 24.7 Å². The quantitative estimate of drug-likeness (QED) is 0.418. The molecule has 5 nitrogen and oxygen atoms in total. The number of carbonyl (C=O) groups is 2. The lowest BCUT2D eigenvalue weighted by Crippen LogP contribution is -2.58. The van der Waals surface area contributed by atoms with Crippen molar-refractivity contribution in [2.24, 2.45) is 5.41 Å². The minimum Gasteiger partial charge on any atom is -0.379 e. The predicted molar refractivity (Wildman–Crippen MR) is 140 cm³/mol. The van der Waals surface area contributed by atoms with Crippen LogP contribution in [0.1, 0.15) is 56.2 Å². The molecule has 2 aromatic carbocycles. The Morgan fingerprint density at radius 1 is 1.09 bits per heavy atom. The molecule has 2 fully saturated rings. The van der Waals surface area contributed by atoms with E-state index in [2.05, 4.69) is 22.8 Å². The van der Waals surface area contributed by atoms with Crippen molar-refractivity contribution in [3.8, 4) is 0 Å².